The van der Waals surface area contributed by atoms with Gasteiger partial charge in [0.1, 0.15) is 0 Å². The number of nitrogens with zero attached hydrogens (tertiary/aromatic N) is 1. The highest BCUT2D eigenvalue weighted by Crippen LogP contribution is 2.32. The molecule has 0 saturated heterocycles. The van der Waals surface area contributed by atoms with Crippen LogP contribution in [0.5, 0.6) is 0 Å². The van der Waals surface area contributed by atoms with E-state index in [1.807, 2.05) is 42.5 Å². The van der Waals surface area contributed by atoms with Crippen LogP contribution < -0.4 is 5.32 Å². The first-order chi connectivity index (χ1) is 11.5. The van der Waals surface area contributed by atoms with Crippen LogP contribution >= 0.6 is 15.9 Å². The van der Waals surface area contributed by atoms with Crippen LogP contribution in [0.25, 0.3) is 0 Å². The molecule has 1 heterocycles. The van der Waals surface area contributed by atoms with E-state index in [-0.39, 0.29) is 24.3 Å². The van der Waals surface area contributed by atoms with Crippen LogP contribution in [0.3, 0.4) is 0 Å². The van der Waals surface area contributed by atoms with Gasteiger partial charge in [-0.05, 0) is 41.8 Å². The van der Waals surface area contributed by atoms with Gasteiger partial charge in [-0.1, -0.05) is 40.2 Å². The van der Waals surface area contributed by atoms with Crippen LogP contribution in [0.4, 0.5) is 5.69 Å². The summed E-state index contributed by atoms with van der Waals surface area (Å²) in [5, 5.41) is 2.91. The minimum Gasteiger partial charge on any atom is -0.335 e. The van der Waals surface area contributed by atoms with Crippen molar-refractivity contribution in [2.45, 2.75) is 25.8 Å². The van der Waals surface area contributed by atoms with Crippen molar-refractivity contribution in [3.63, 3.8) is 0 Å². The van der Waals surface area contributed by atoms with Crippen LogP contribution in [0.1, 0.15) is 30.5 Å². The molecular weight excluding hydrogens is 368 g/mol. The van der Waals surface area contributed by atoms with E-state index < -0.39 is 0 Å². The first kappa shape index (κ1) is 16.7. The fourth-order valence-electron chi connectivity index (χ4n) is 3.17. The number of rotatable bonds is 3. The molecule has 0 aliphatic carbocycles. The molecule has 1 atom stereocenters. The highest BCUT2D eigenvalue weighted by Gasteiger charge is 2.30. The molecule has 0 fully saturated rings. The van der Waals surface area contributed by atoms with E-state index in [0.717, 1.165) is 22.1 Å². The van der Waals surface area contributed by atoms with Crippen molar-refractivity contribution < 1.29 is 9.59 Å². The number of anilines is 1. The van der Waals surface area contributed by atoms with E-state index >= 15 is 0 Å². The van der Waals surface area contributed by atoms with Gasteiger partial charge in [-0.3, -0.25) is 9.59 Å². The van der Waals surface area contributed by atoms with Gasteiger partial charge in [0, 0.05) is 23.6 Å². The van der Waals surface area contributed by atoms with Gasteiger partial charge in [-0.25, -0.2) is 0 Å². The van der Waals surface area contributed by atoms with Crippen LogP contribution in [-0.4, -0.2) is 23.3 Å². The van der Waals surface area contributed by atoms with Crippen molar-refractivity contribution in [3.05, 3.63) is 64.1 Å². The molecule has 2 aromatic carbocycles. The van der Waals surface area contributed by atoms with Crippen molar-refractivity contribution in [2.24, 2.45) is 0 Å². The SMILES string of the molecule is CC(=O)N1CCc2ccccc2C1CC(=O)Nc1ccc(Br)cc1. The highest BCUT2D eigenvalue weighted by molar-refractivity contribution is 9.10. The molecule has 1 unspecified atom stereocenters. The Kier molecular flexibility index (Phi) is 5.00. The van der Waals surface area contributed by atoms with E-state index in [0.29, 0.717) is 6.54 Å². The van der Waals surface area contributed by atoms with Gasteiger partial charge in [0.25, 0.3) is 0 Å². The maximum Gasteiger partial charge on any atom is 0.226 e. The van der Waals surface area contributed by atoms with Crippen molar-refractivity contribution in [2.75, 3.05) is 11.9 Å². The number of carbonyl (C=O) groups excluding carboxylic acids is 2. The predicted octanol–water partition coefficient (Wildman–Crippen LogP) is 3.92. The summed E-state index contributed by atoms with van der Waals surface area (Å²) in [5.74, 6) is -0.0868. The summed E-state index contributed by atoms with van der Waals surface area (Å²) in [6.45, 7) is 2.22. The summed E-state index contributed by atoms with van der Waals surface area (Å²) in [7, 11) is 0. The van der Waals surface area contributed by atoms with Crippen LogP contribution in [0.15, 0.2) is 53.0 Å². The third kappa shape index (κ3) is 3.67. The molecule has 4 nitrogen and oxygen atoms in total. The minimum absolute atomic E-state index is 0.00550. The summed E-state index contributed by atoms with van der Waals surface area (Å²) >= 11 is 3.38. The summed E-state index contributed by atoms with van der Waals surface area (Å²) in [4.78, 5) is 26.3. The van der Waals surface area contributed by atoms with Crippen molar-refractivity contribution in [1.82, 2.24) is 4.90 Å². The molecule has 1 aliphatic rings. The summed E-state index contributed by atoms with van der Waals surface area (Å²) in [5.41, 5.74) is 3.04. The third-order valence-corrected chi connectivity index (χ3v) is 4.85. The molecule has 1 N–H and O–H groups in total. The zero-order valence-electron chi connectivity index (χ0n) is 13.5. The Morgan fingerprint density at radius 2 is 1.88 bits per heavy atom. The lowest BCUT2D eigenvalue weighted by Gasteiger charge is -2.36. The van der Waals surface area contributed by atoms with E-state index in [9.17, 15) is 9.59 Å². The van der Waals surface area contributed by atoms with Crippen LogP contribution in [0, 0.1) is 0 Å². The average molecular weight is 387 g/mol. The Bertz CT molecular complexity index is 758. The summed E-state index contributed by atoms with van der Waals surface area (Å²) in [6.07, 6.45) is 1.09. The van der Waals surface area contributed by atoms with Crippen molar-refractivity contribution in [3.8, 4) is 0 Å². The molecule has 0 saturated carbocycles. The monoisotopic (exact) mass is 386 g/mol. The van der Waals surface area contributed by atoms with Gasteiger partial charge in [0.15, 0.2) is 0 Å². The smallest absolute Gasteiger partial charge is 0.226 e. The molecule has 5 heteroatoms. The summed E-state index contributed by atoms with van der Waals surface area (Å²) in [6, 6.07) is 15.3. The standard InChI is InChI=1S/C19H19BrN2O2/c1-13(23)22-11-10-14-4-2-3-5-17(14)18(22)12-19(24)21-16-8-6-15(20)7-9-16/h2-9,18H,10-12H2,1H3,(H,21,24). The van der Waals surface area contributed by atoms with Gasteiger partial charge in [-0.15, -0.1) is 0 Å². The third-order valence-electron chi connectivity index (χ3n) is 4.32. The molecule has 124 valence electrons. The number of halogens is 1. The van der Waals surface area contributed by atoms with Gasteiger partial charge in [-0.2, -0.15) is 0 Å². The second-order valence-corrected chi connectivity index (χ2v) is 6.85. The number of amides is 2. The van der Waals surface area contributed by atoms with Gasteiger partial charge < -0.3 is 10.2 Å². The molecule has 0 spiro atoms. The van der Waals surface area contributed by atoms with Gasteiger partial charge in [0.05, 0.1) is 12.5 Å². The molecule has 24 heavy (non-hydrogen) atoms. The Balaban J connectivity index is 1.79. The van der Waals surface area contributed by atoms with E-state index in [4.69, 9.17) is 0 Å². The predicted molar refractivity (Wildman–Crippen MR) is 97.7 cm³/mol. The Hall–Kier alpha value is -2.14. The second-order valence-electron chi connectivity index (χ2n) is 5.94. The van der Waals surface area contributed by atoms with E-state index in [1.54, 1.807) is 11.8 Å². The lowest BCUT2D eigenvalue weighted by atomic mass is 9.90. The maximum absolute atomic E-state index is 12.5. The average Bonchev–Trinajstić information content (AvgIpc) is 2.57. The number of benzene rings is 2. The van der Waals surface area contributed by atoms with Gasteiger partial charge >= 0.3 is 0 Å². The largest absolute Gasteiger partial charge is 0.335 e. The van der Waals surface area contributed by atoms with Crippen molar-refractivity contribution in [1.29, 1.82) is 0 Å². The zero-order chi connectivity index (χ0) is 17.1. The Morgan fingerprint density at radius 1 is 1.17 bits per heavy atom. The zero-order valence-corrected chi connectivity index (χ0v) is 15.0. The number of hydrogen-bond donors (Lipinski definition) is 1. The first-order valence-corrected chi connectivity index (χ1v) is 8.74. The normalized spacial score (nSPS) is 16.4. The second kappa shape index (κ2) is 7.18. The topological polar surface area (TPSA) is 49.4 Å². The van der Waals surface area contributed by atoms with Crippen LogP contribution in [-0.2, 0) is 16.0 Å². The molecule has 3 rings (SSSR count). The van der Waals surface area contributed by atoms with Crippen LogP contribution in [0.2, 0.25) is 0 Å². The molecular formula is C19H19BrN2O2. The number of fused-ring (bicyclic) bond motifs is 1. The van der Waals surface area contributed by atoms with E-state index in [1.165, 1.54) is 5.56 Å². The summed E-state index contributed by atoms with van der Waals surface area (Å²) < 4.78 is 0.962. The maximum atomic E-state index is 12.5. The number of nitrogens with one attached hydrogen (secondary N) is 1. The fourth-order valence-corrected chi connectivity index (χ4v) is 3.43. The Morgan fingerprint density at radius 3 is 2.58 bits per heavy atom. The molecule has 0 aromatic heterocycles. The van der Waals surface area contributed by atoms with Crippen molar-refractivity contribution >= 4 is 33.4 Å². The molecule has 2 aromatic rings. The minimum atomic E-state index is -0.206. The highest BCUT2D eigenvalue weighted by atomic mass is 79.9. The Labute approximate surface area is 150 Å². The lowest BCUT2D eigenvalue weighted by Crippen LogP contribution is -2.40. The lowest BCUT2D eigenvalue weighted by molar-refractivity contribution is -0.132. The quantitative estimate of drug-likeness (QED) is 0.868. The molecule has 1 aliphatic heterocycles. The molecule has 2 amide bonds. The van der Waals surface area contributed by atoms with Gasteiger partial charge in [0.2, 0.25) is 11.8 Å². The number of carbonyl (C=O) groups is 2. The fraction of sp³-hybridized carbons (Fsp3) is 0.263. The molecule has 0 bridgehead atoms. The molecule has 0 radical (unpaired) electrons. The first-order valence-electron chi connectivity index (χ1n) is 7.95. The number of hydrogen-bond acceptors (Lipinski definition) is 2. The van der Waals surface area contributed by atoms with E-state index in [2.05, 4.69) is 27.3 Å².